The van der Waals surface area contributed by atoms with Crippen molar-refractivity contribution < 1.29 is 0 Å². The summed E-state index contributed by atoms with van der Waals surface area (Å²) in [7, 11) is 0. The standard InChI is InChI=1S/C80H52/c1-41-35-43(3)69(44(4)36-41)53-23-25-55-59-28-30-62-66-40-68-67(39-65(66)61-29-27-57(75(59)77(61)62)51-21-13-19-49(53)73(51)55)71(47-15-9-7-10-16-47)79-63-33-31-58-52-22-14-20-50-54(70-45(5)37-42(2)38-46(70)6)24-26-56(74(50)52)60-32-34-64(78(63)76(58)60)80(79)72(68)48-17-11-8-12-18-48/h7-40H,1-6H3. The molecule has 0 atom stereocenters. The van der Waals surface area contributed by atoms with Crippen LogP contribution in [0.25, 0.3) is 185 Å². The molecule has 0 unspecified atom stereocenters. The number of rotatable bonds is 4. The minimum absolute atomic E-state index is 1.24. The molecule has 372 valence electrons. The maximum absolute atomic E-state index is 2.59. The Bertz CT molecular complexity index is 5480. The molecule has 0 bridgehead atoms. The fraction of sp³-hybridized carbons (Fsp3) is 0.0750. The molecule has 0 heterocycles. The summed E-state index contributed by atoms with van der Waals surface area (Å²) in [6, 6.07) is 80.3. The van der Waals surface area contributed by atoms with Gasteiger partial charge >= 0.3 is 0 Å². The molecule has 0 saturated heterocycles. The highest BCUT2D eigenvalue weighted by molar-refractivity contribution is 6.48. The van der Waals surface area contributed by atoms with Crippen molar-refractivity contribution in [2.45, 2.75) is 41.5 Å². The van der Waals surface area contributed by atoms with Crippen molar-refractivity contribution in [3.8, 4) is 44.5 Å². The molecule has 0 aliphatic heterocycles. The first-order valence-corrected chi connectivity index (χ1v) is 28.5. The smallest absolute Gasteiger partial charge is 0.000740 e. The van der Waals surface area contributed by atoms with Crippen molar-refractivity contribution in [1.82, 2.24) is 0 Å². The Morgan fingerprint density at radius 1 is 0.175 bits per heavy atom. The van der Waals surface area contributed by atoms with Crippen LogP contribution in [0.15, 0.2) is 206 Å². The zero-order valence-electron chi connectivity index (χ0n) is 45.6. The van der Waals surface area contributed by atoms with Gasteiger partial charge in [-0.1, -0.05) is 205 Å². The lowest BCUT2D eigenvalue weighted by Gasteiger charge is -2.19. The van der Waals surface area contributed by atoms with E-state index in [1.165, 1.54) is 218 Å². The van der Waals surface area contributed by atoms with Gasteiger partial charge in [0.05, 0.1) is 0 Å². The summed E-state index contributed by atoms with van der Waals surface area (Å²) >= 11 is 0. The number of benzene rings is 16. The molecule has 0 heteroatoms. The Kier molecular flexibility index (Phi) is 8.63. The number of hydrogen-bond donors (Lipinski definition) is 0. The van der Waals surface area contributed by atoms with Gasteiger partial charge in [-0.3, -0.25) is 0 Å². The van der Waals surface area contributed by atoms with Crippen LogP contribution < -0.4 is 0 Å². The highest BCUT2D eigenvalue weighted by Crippen LogP contribution is 2.57. The third-order valence-corrected chi connectivity index (χ3v) is 19.1. The topological polar surface area (TPSA) is 0 Å². The molecular weight excluding hydrogens is 961 g/mol. The van der Waals surface area contributed by atoms with Crippen LogP contribution in [0.4, 0.5) is 0 Å². The summed E-state index contributed by atoms with van der Waals surface area (Å²) in [5.74, 6) is 0. The van der Waals surface area contributed by atoms with Gasteiger partial charge in [0.1, 0.15) is 0 Å². The Morgan fingerprint density at radius 2 is 0.463 bits per heavy atom. The second-order valence-corrected chi connectivity index (χ2v) is 23.6. The van der Waals surface area contributed by atoms with E-state index < -0.39 is 0 Å². The maximum Gasteiger partial charge on any atom is -0.000740 e. The third kappa shape index (κ3) is 5.56. The Morgan fingerprint density at radius 3 is 0.838 bits per heavy atom. The van der Waals surface area contributed by atoms with Crippen molar-refractivity contribution in [3.05, 3.63) is 240 Å². The average Bonchev–Trinajstić information content (AvgIpc) is 2.69. The molecule has 18 aromatic rings. The second kappa shape index (κ2) is 15.6. The summed E-state index contributed by atoms with van der Waals surface area (Å²) in [6.45, 7) is 13.5. The Hall–Kier alpha value is -9.62. The molecule has 18 aromatic carbocycles. The van der Waals surface area contributed by atoms with E-state index in [4.69, 9.17) is 0 Å². The number of hydrogen-bond acceptors (Lipinski definition) is 0. The maximum atomic E-state index is 2.59. The fourth-order valence-electron chi connectivity index (χ4n) is 16.4. The van der Waals surface area contributed by atoms with Gasteiger partial charge in [0.2, 0.25) is 0 Å². The van der Waals surface area contributed by atoms with Crippen LogP contribution in [0.1, 0.15) is 33.4 Å². The highest BCUT2D eigenvalue weighted by Gasteiger charge is 2.28. The van der Waals surface area contributed by atoms with E-state index in [-0.39, 0.29) is 0 Å². The van der Waals surface area contributed by atoms with Crippen molar-refractivity contribution >= 4 is 140 Å². The zero-order chi connectivity index (χ0) is 53.1. The normalized spacial score (nSPS) is 12.6. The van der Waals surface area contributed by atoms with Crippen LogP contribution in [0.5, 0.6) is 0 Å². The minimum atomic E-state index is 1.24. The number of aryl methyl sites for hydroxylation is 6. The van der Waals surface area contributed by atoms with E-state index in [1.807, 2.05) is 0 Å². The van der Waals surface area contributed by atoms with Crippen LogP contribution in [0, 0.1) is 41.5 Å². The highest BCUT2D eigenvalue weighted by atomic mass is 14.3. The molecule has 0 aliphatic carbocycles. The lowest BCUT2D eigenvalue weighted by atomic mass is 9.84. The number of fused-ring (bicyclic) bond motifs is 11. The van der Waals surface area contributed by atoms with Crippen LogP contribution in [-0.2, 0) is 0 Å². The van der Waals surface area contributed by atoms with Crippen LogP contribution in [0.3, 0.4) is 0 Å². The molecule has 18 rings (SSSR count). The summed E-state index contributed by atoms with van der Waals surface area (Å²) in [5, 5.41) is 34.5. The molecular formula is C80H52. The van der Waals surface area contributed by atoms with Crippen molar-refractivity contribution in [2.75, 3.05) is 0 Å². The lowest BCUT2D eigenvalue weighted by molar-refractivity contribution is 1.32. The van der Waals surface area contributed by atoms with E-state index in [2.05, 4.69) is 248 Å². The van der Waals surface area contributed by atoms with Gasteiger partial charge in [0.25, 0.3) is 0 Å². The van der Waals surface area contributed by atoms with Crippen molar-refractivity contribution in [3.63, 3.8) is 0 Å². The summed E-state index contributed by atoms with van der Waals surface area (Å²) in [6.07, 6.45) is 0. The van der Waals surface area contributed by atoms with E-state index in [0.29, 0.717) is 0 Å². The van der Waals surface area contributed by atoms with Gasteiger partial charge in [0, 0.05) is 0 Å². The van der Waals surface area contributed by atoms with Gasteiger partial charge in [-0.2, -0.15) is 0 Å². The molecule has 0 saturated carbocycles. The van der Waals surface area contributed by atoms with Gasteiger partial charge < -0.3 is 0 Å². The lowest BCUT2D eigenvalue weighted by Crippen LogP contribution is -1.93. The molecule has 0 N–H and O–H groups in total. The Balaban J connectivity index is 0.967. The van der Waals surface area contributed by atoms with Crippen LogP contribution in [0.2, 0.25) is 0 Å². The van der Waals surface area contributed by atoms with Crippen molar-refractivity contribution in [2.24, 2.45) is 0 Å². The molecule has 0 aliphatic rings. The van der Waals surface area contributed by atoms with E-state index >= 15 is 0 Å². The first-order valence-electron chi connectivity index (χ1n) is 28.5. The average molecular weight is 1010 g/mol. The Labute approximate surface area is 463 Å². The quantitative estimate of drug-likeness (QED) is 0.122. The van der Waals surface area contributed by atoms with E-state index in [0.717, 1.165) is 0 Å². The van der Waals surface area contributed by atoms with Gasteiger partial charge in [-0.15, -0.1) is 0 Å². The van der Waals surface area contributed by atoms with Gasteiger partial charge in [0.15, 0.2) is 0 Å². The summed E-state index contributed by atoms with van der Waals surface area (Å²) < 4.78 is 0. The van der Waals surface area contributed by atoms with Crippen LogP contribution >= 0.6 is 0 Å². The molecule has 0 amide bonds. The molecule has 0 nitrogen and oxygen atoms in total. The van der Waals surface area contributed by atoms with Gasteiger partial charge in [-0.25, -0.2) is 0 Å². The second-order valence-electron chi connectivity index (χ2n) is 23.6. The summed E-state index contributed by atoms with van der Waals surface area (Å²) in [4.78, 5) is 0. The first-order chi connectivity index (χ1) is 39.2. The predicted octanol–water partition coefficient (Wildman–Crippen LogP) is 22.9. The SMILES string of the molecule is Cc1cc(C)c(-c2ccc3c4ccc5c6cc7c(-c8ccccc8)c8c9ccc%10c%11ccc(-c%12c(C)cc(C)cc%12C)c%12cccc(c%13ccc(c8c(-c8ccccc8)c7cc6c6ccc(c7cccc2c73)c4c65)c9c%13%10)c%12%11)c(C)c1. The first kappa shape index (κ1) is 44.4. The molecule has 0 fully saturated rings. The van der Waals surface area contributed by atoms with E-state index in [1.54, 1.807) is 0 Å². The largest absolute Gasteiger partial charge is 0.0622 e. The van der Waals surface area contributed by atoms with E-state index in [9.17, 15) is 0 Å². The monoisotopic (exact) mass is 1010 g/mol. The van der Waals surface area contributed by atoms with Crippen molar-refractivity contribution in [1.29, 1.82) is 0 Å². The minimum Gasteiger partial charge on any atom is -0.0622 e. The molecule has 0 aromatic heterocycles. The molecule has 0 radical (unpaired) electrons. The molecule has 0 spiro atoms. The fourth-order valence-corrected chi connectivity index (χ4v) is 16.4. The summed E-state index contributed by atoms with van der Waals surface area (Å²) in [5.41, 5.74) is 18.3. The zero-order valence-corrected chi connectivity index (χ0v) is 45.6. The van der Waals surface area contributed by atoms with Gasteiger partial charge in [-0.05, 0) is 260 Å². The third-order valence-electron chi connectivity index (χ3n) is 19.1. The van der Waals surface area contributed by atoms with Crippen LogP contribution in [-0.4, -0.2) is 0 Å². The molecule has 80 heavy (non-hydrogen) atoms. The predicted molar refractivity (Wildman–Crippen MR) is 349 cm³/mol.